The van der Waals surface area contributed by atoms with Crippen molar-refractivity contribution in [2.24, 2.45) is 11.3 Å². The molecule has 1 heteroatoms. The first-order valence-corrected chi connectivity index (χ1v) is 12.0. The molecule has 0 aliphatic heterocycles. The van der Waals surface area contributed by atoms with Crippen LogP contribution in [0.4, 0.5) is 0 Å². The summed E-state index contributed by atoms with van der Waals surface area (Å²) in [7, 11) is 0. The van der Waals surface area contributed by atoms with Crippen LogP contribution in [0.25, 0.3) is 5.57 Å². The van der Waals surface area contributed by atoms with Crippen LogP contribution in [0.5, 0.6) is 0 Å². The smallest absolute Gasteiger partial charge is 0.189 e. The van der Waals surface area contributed by atoms with E-state index >= 15 is 0 Å². The second-order valence-electron chi connectivity index (χ2n) is 10.7. The Morgan fingerprint density at radius 3 is 2.29 bits per heavy atom. The Hall–Kier alpha value is -2.15. The zero-order valence-electron chi connectivity index (χ0n) is 20.7. The molecule has 0 N–H and O–H groups in total. The number of fused-ring (bicyclic) bond motifs is 1. The molecule has 1 aromatic rings. The first-order chi connectivity index (χ1) is 14.6. The van der Waals surface area contributed by atoms with Gasteiger partial charge < -0.3 is 0 Å². The second-order valence-corrected chi connectivity index (χ2v) is 10.7. The minimum atomic E-state index is 0.204. The molecule has 1 fully saturated rings. The Morgan fingerprint density at radius 2 is 1.71 bits per heavy atom. The van der Waals surface area contributed by atoms with E-state index in [1.165, 1.54) is 47.1 Å². The van der Waals surface area contributed by atoms with E-state index < -0.39 is 0 Å². The van der Waals surface area contributed by atoms with Crippen LogP contribution in [0.3, 0.4) is 0 Å². The summed E-state index contributed by atoms with van der Waals surface area (Å²) in [6.07, 6.45) is 11.4. The van der Waals surface area contributed by atoms with Crippen LogP contribution in [0.2, 0.25) is 0 Å². The Labute approximate surface area is 190 Å². The van der Waals surface area contributed by atoms with Gasteiger partial charge in [-0.05, 0) is 87.3 Å². The van der Waals surface area contributed by atoms with Gasteiger partial charge in [0, 0.05) is 11.1 Å². The summed E-state index contributed by atoms with van der Waals surface area (Å²) in [5.41, 5.74) is 10.3. The summed E-state index contributed by atoms with van der Waals surface area (Å²) in [4.78, 5) is 13.1. The lowest BCUT2D eigenvalue weighted by Crippen LogP contribution is -2.17. The SMILES string of the molecule is CC1=C(C/C=C(\C)CC(C)(C)C/C=C(\C)C(C)C)C(=C2CCC2)c2ccccc2C1=O. The summed E-state index contributed by atoms with van der Waals surface area (Å²) < 4.78 is 0. The Morgan fingerprint density at radius 1 is 1.06 bits per heavy atom. The number of ketones is 1. The van der Waals surface area contributed by atoms with Gasteiger partial charge in [0.2, 0.25) is 0 Å². The van der Waals surface area contributed by atoms with Crippen molar-refractivity contribution in [2.45, 2.75) is 87.0 Å². The first-order valence-electron chi connectivity index (χ1n) is 12.0. The van der Waals surface area contributed by atoms with Gasteiger partial charge in [0.15, 0.2) is 5.78 Å². The number of carbonyl (C=O) groups is 1. The lowest BCUT2D eigenvalue weighted by molar-refractivity contribution is 0.103. The Kier molecular flexibility index (Phi) is 7.24. The van der Waals surface area contributed by atoms with Gasteiger partial charge in [0.1, 0.15) is 0 Å². The minimum Gasteiger partial charge on any atom is -0.289 e. The summed E-state index contributed by atoms with van der Waals surface area (Å²) in [6.45, 7) is 15.8. The molecule has 0 amide bonds. The molecule has 2 aliphatic carbocycles. The molecule has 0 saturated heterocycles. The maximum absolute atomic E-state index is 13.1. The molecule has 0 unspecified atom stereocenters. The fourth-order valence-corrected chi connectivity index (χ4v) is 4.70. The van der Waals surface area contributed by atoms with Gasteiger partial charge in [-0.1, -0.05) is 80.8 Å². The fourth-order valence-electron chi connectivity index (χ4n) is 4.70. The monoisotopic (exact) mass is 416 g/mol. The minimum absolute atomic E-state index is 0.204. The van der Waals surface area contributed by atoms with Crippen LogP contribution in [-0.4, -0.2) is 5.78 Å². The number of rotatable bonds is 7. The predicted octanol–water partition coefficient (Wildman–Crippen LogP) is 8.88. The average molecular weight is 417 g/mol. The van der Waals surface area contributed by atoms with Gasteiger partial charge in [0.25, 0.3) is 0 Å². The highest BCUT2D eigenvalue weighted by molar-refractivity contribution is 6.17. The molecule has 166 valence electrons. The highest BCUT2D eigenvalue weighted by Crippen LogP contribution is 2.44. The van der Waals surface area contributed by atoms with E-state index in [0.717, 1.165) is 36.0 Å². The molecule has 0 heterocycles. The second kappa shape index (κ2) is 9.55. The largest absolute Gasteiger partial charge is 0.289 e. The van der Waals surface area contributed by atoms with E-state index in [2.05, 4.69) is 65.8 Å². The lowest BCUT2D eigenvalue weighted by atomic mass is 9.74. The van der Waals surface area contributed by atoms with Gasteiger partial charge in [0.05, 0.1) is 0 Å². The number of carbonyl (C=O) groups excluding carboxylic acids is 1. The summed E-state index contributed by atoms with van der Waals surface area (Å²) in [5.74, 6) is 0.821. The third-order valence-corrected chi connectivity index (χ3v) is 7.15. The third-order valence-electron chi connectivity index (χ3n) is 7.15. The third kappa shape index (κ3) is 5.37. The molecule has 0 atom stereocenters. The molecule has 3 rings (SSSR count). The van der Waals surface area contributed by atoms with Gasteiger partial charge >= 0.3 is 0 Å². The number of allylic oxidation sites excluding steroid dienone is 8. The number of Topliss-reactive ketones (excluding diaryl/α,β-unsaturated/α-hetero) is 1. The molecular weight excluding hydrogens is 376 g/mol. The van der Waals surface area contributed by atoms with E-state index in [-0.39, 0.29) is 11.2 Å². The van der Waals surface area contributed by atoms with Crippen LogP contribution in [0, 0.1) is 11.3 Å². The fraction of sp³-hybridized carbons (Fsp3) is 0.500. The van der Waals surface area contributed by atoms with Gasteiger partial charge in [-0.3, -0.25) is 4.79 Å². The van der Waals surface area contributed by atoms with Gasteiger partial charge in [-0.15, -0.1) is 0 Å². The van der Waals surface area contributed by atoms with Crippen molar-refractivity contribution in [3.8, 4) is 0 Å². The molecule has 0 radical (unpaired) electrons. The van der Waals surface area contributed by atoms with E-state index in [9.17, 15) is 4.79 Å². The molecule has 2 aliphatic rings. The highest BCUT2D eigenvalue weighted by atomic mass is 16.1. The van der Waals surface area contributed by atoms with Crippen molar-refractivity contribution in [2.75, 3.05) is 0 Å². The zero-order chi connectivity index (χ0) is 22.8. The predicted molar refractivity (Wildman–Crippen MR) is 134 cm³/mol. The summed E-state index contributed by atoms with van der Waals surface area (Å²) in [6, 6.07) is 8.19. The van der Waals surface area contributed by atoms with Crippen LogP contribution in [0.1, 0.15) is 103 Å². The zero-order valence-corrected chi connectivity index (χ0v) is 20.7. The van der Waals surface area contributed by atoms with Crippen LogP contribution in [-0.2, 0) is 0 Å². The molecule has 0 aromatic heterocycles. The molecule has 1 nitrogen and oxygen atoms in total. The maximum atomic E-state index is 13.1. The first kappa shape index (κ1) is 23.5. The Bertz CT molecular complexity index is 969. The molecule has 31 heavy (non-hydrogen) atoms. The van der Waals surface area contributed by atoms with Crippen molar-refractivity contribution in [1.29, 1.82) is 0 Å². The van der Waals surface area contributed by atoms with E-state index in [1.54, 1.807) is 0 Å². The summed E-state index contributed by atoms with van der Waals surface area (Å²) >= 11 is 0. The topological polar surface area (TPSA) is 17.1 Å². The quantitative estimate of drug-likeness (QED) is 0.406. The van der Waals surface area contributed by atoms with E-state index in [0.29, 0.717) is 5.92 Å². The molecular formula is C30H40O. The van der Waals surface area contributed by atoms with Crippen molar-refractivity contribution >= 4 is 11.4 Å². The lowest BCUT2D eigenvalue weighted by Gasteiger charge is -2.30. The molecule has 0 spiro atoms. The van der Waals surface area contributed by atoms with Crippen molar-refractivity contribution < 1.29 is 4.79 Å². The Balaban J connectivity index is 1.82. The maximum Gasteiger partial charge on any atom is 0.189 e. The number of hydrogen-bond acceptors (Lipinski definition) is 1. The normalized spacial score (nSPS) is 18.0. The standard InChI is InChI=1S/C30H40O/c1-20(2)22(4)17-18-30(6,7)19-21(3)15-16-25-23(5)29(31)27-14-9-8-13-26(27)28(25)24-11-10-12-24/h8-9,13-15,17,20H,10-12,16,18-19H2,1-7H3/b21-15+,22-17+. The van der Waals surface area contributed by atoms with Crippen LogP contribution in [0.15, 0.2) is 64.3 Å². The van der Waals surface area contributed by atoms with Crippen molar-refractivity contribution in [3.63, 3.8) is 0 Å². The van der Waals surface area contributed by atoms with Crippen molar-refractivity contribution in [3.05, 3.63) is 75.4 Å². The van der Waals surface area contributed by atoms with Crippen LogP contribution >= 0.6 is 0 Å². The summed E-state index contributed by atoms with van der Waals surface area (Å²) in [5, 5.41) is 0. The number of benzene rings is 1. The molecule has 1 aromatic carbocycles. The molecule has 1 saturated carbocycles. The highest BCUT2D eigenvalue weighted by Gasteiger charge is 2.29. The van der Waals surface area contributed by atoms with E-state index in [4.69, 9.17) is 0 Å². The average Bonchev–Trinajstić information content (AvgIpc) is 2.67. The van der Waals surface area contributed by atoms with Crippen molar-refractivity contribution in [1.82, 2.24) is 0 Å². The van der Waals surface area contributed by atoms with E-state index in [1.807, 2.05) is 19.1 Å². The number of hydrogen-bond donors (Lipinski definition) is 0. The van der Waals surface area contributed by atoms with Gasteiger partial charge in [-0.2, -0.15) is 0 Å². The van der Waals surface area contributed by atoms with Crippen LogP contribution < -0.4 is 0 Å². The molecule has 0 bridgehead atoms. The van der Waals surface area contributed by atoms with Gasteiger partial charge in [-0.25, -0.2) is 0 Å².